The van der Waals surface area contributed by atoms with Crippen LogP contribution in [0.4, 0.5) is 0 Å². The fraction of sp³-hybridized carbons (Fsp3) is 0.600. The first-order valence-corrected chi connectivity index (χ1v) is 8.66. The van der Waals surface area contributed by atoms with Crippen LogP contribution in [0.5, 0.6) is 0 Å². The van der Waals surface area contributed by atoms with Gasteiger partial charge in [0.15, 0.2) is 0 Å². The molecule has 0 aliphatic carbocycles. The van der Waals surface area contributed by atoms with Crippen LogP contribution in [0.2, 0.25) is 0 Å². The van der Waals surface area contributed by atoms with Gasteiger partial charge in [-0.15, -0.1) is 0 Å². The summed E-state index contributed by atoms with van der Waals surface area (Å²) in [5.41, 5.74) is 1.05. The number of carbonyl (C=O) groups is 1. The Labute approximate surface area is 149 Å². The van der Waals surface area contributed by atoms with Crippen LogP contribution in [-0.2, 0) is 11.3 Å². The zero-order valence-electron chi connectivity index (χ0n) is 12.6. The molecule has 1 fully saturated rings. The van der Waals surface area contributed by atoms with Crippen molar-refractivity contribution in [2.75, 3.05) is 13.1 Å². The van der Waals surface area contributed by atoms with E-state index in [-0.39, 0.29) is 17.4 Å². The maximum atomic E-state index is 12.0. The van der Waals surface area contributed by atoms with Crippen molar-refractivity contribution in [3.05, 3.63) is 34.2 Å². The number of pyridine rings is 1. The van der Waals surface area contributed by atoms with Crippen molar-refractivity contribution in [2.45, 2.75) is 35.8 Å². The van der Waals surface area contributed by atoms with E-state index in [1.165, 1.54) is 6.92 Å². The summed E-state index contributed by atoms with van der Waals surface area (Å²) in [6.45, 7) is 3.38. The summed E-state index contributed by atoms with van der Waals surface area (Å²) in [4.78, 5) is 25.5. The Kier molecular flexibility index (Phi) is 4.67. The second kappa shape index (κ2) is 6.28. The van der Waals surface area contributed by atoms with Crippen LogP contribution in [0, 0.1) is 5.92 Å². The second-order valence-corrected chi connectivity index (χ2v) is 8.67. The fourth-order valence-electron chi connectivity index (χ4n) is 3.72. The monoisotopic (exact) mass is 377 g/mol. The van der Waals surface area contributed by atoms with Crippen molar-refractivity contribution >= 4 is 40.7 Å². The number of carbonyl (C=O) groups excluding carboxylic acids is 1. The fourth-order valence-corrected chi connectivity index (χ4v) is 4.29. The molecule has 2 bridgehead atoms. The Morgan fingerprint density at radius 2 is 2.04 bits per heavy atom. The quantitative estimate of drug-likeness (QED) is 0.802. The summed E-state index contributed by atoms with van der Waals surface area (Å²) in [5, 5.41) is 2.74. The van der Waals surface area contributed by atoms with Gasteiger partial charge in [0.05, 0.1) is 0 Å². The lowest BCUT2D eigenvalue weighted by atomic mass is 9.83. The molecule has 8 heteroatoms. The molecule has 126 valence electrons. The van der Waals surface area contributed by atoms with Gasteiger partial charge in [-0.05, 0) is 18.4 Å². The van der Waals surface area contributed by atoms with E-state index in [2.05, 4.69) is 5.32 Å². The van der Waals surface area contributed by atoms with Crippen molar-refractivity contribution in [1.82, 2.24) is 14.8 Å². The van der Waals surface area contributed by atoms with Crippen molar-refractivity contribution in [2.24, 2.45) is 5.92 Å². The third-order valence-corrected chi connectivity index (χ3v) is 5.14. The van der Waals surface area contributed by atoms with Crippen molar-refractivity contribution < 1.29 is 4.79 Å². The molecular formula is C15H18Cl3N3O2. The number of amides is 1. The second-order valence-electron chi connectivity index (χ2n) is 6.30. The molecule has 1 saturated heterocycles. The molecule has 3 heterocycles. The lowest BCUT2D eigenvalue weighted by Crippen LogP contribution is -2.60. The Morgan fingerprint density at radius 3 is 2.70 bits per heavy atom. The van der Waals surface area contributed by atoms with Crippen LogP contribution in [0.25, 0.3) is 0 Å². The number of hydrogen-bond acceptors (Lipinski definition) is 3. The maximum absolute atomic E-state index is 12.0. The highest BCUT2D eigenvalue weighted by Gasteiger charge is 2.43. The lowest BCUT2D eigenvalue weighted by molar-refractivity contribution is -0.121. The van der Waals surface area contributed by atoms with Crippen LogP contribution in [0.1, 0.15) is 25.0 Å². The van der Waals surface area contributed by atoms with Gasteiger partial charge in [-0.2, -0.15) is 0 Å². The van der Waals surface area contributed by atoms with Gasteiger partial charge in [0.1, 0.15) is 6.17 Å². The largest absolute Gasteiger partial charge is 0.337 e. The number of rotatable bonds is 2. The molecule has 0 spiro atoms. The molecule has 1 aromatic heterocycles. The molecule has 0 saturated carbocycles. The zero-order valence-corrected chi connectivity index (χ0v) is 14.9. The zero-order chi connectivity index (χ0) is 16.8. The minimum absolute atomic E-state index is 0.0328. The highest BCUT2D eigenvalue weighted by Crippen LogP contribution is 2.39. The predicted octanol–water partition coefficient (Wildman–Crippen LogP) is 2.10. The number of halogens is 3. The number of likely N-dealkylation sites (tertiary alicyclic amines) is 1. The van der Waals surface area contributed by atoms with Gasteiger partial charge in [-0.1, -0.05) is 40.9 Å². The SMILES string of the molecule is CC(=O)N[C@@H](N1C[C@@H]2C[C@@H](C1)c1cccc(=O)n1C2)C(Cl)(Cl)Cl. The van der Waals surface area contributed by atoms with E-state index in [0.717, 1.165) is 12.1 Å². The van der Waals surface area contributed by atoms with Gasteiger partial charge < -0.3 is 9.88 Å². The number of fused-ring (bicyclic) bond motifs is 4. The van der Waals surface area contributed by atoms with Crippen LogP contribution in [0.15, 0.2) is 23.0 Å². The summed E-state index contributed by atoms with van der Waals surface area (Å²) >= 11 is 18.2. The third kappa shape index (κ3) is 3.53. The van der Waals surface area contributed by atoms with E-state index >= 15 is 0 Å². The van der Waals surface area contributed by atoms with E-state index in [1.54, 1.807) is 12.1 Å². The number of alkyl halides is 3. The van der Waals surface area contributed by atoms with E-state index in [9.17, 15) is 9.59 Å². The summed E-state index contributed by atoms with van der Waals surface area (Å²) in [7, 11) is 0. The molecule has 23 heavy (non-hydrogen) atoms. The number of nitrogens with one attached hydrogen (secondary N) is 1. The average molecular weight is 379 g/mol. The first-order valence-electron chi connectivity index (χ1n) is 7.53. The van der Waals surface area contributed by atoms with Crippen LogP contribution >= 0.6 is 34.8 Å². The molecule has 1 aromatic rings. The normalized spacial score (nSPS) is 25.6. The standard InChI is InChI=1S/C15H18Cl3N3O2/c1-9(22)19-14(15(16,17)18)20-6-10-5-11(8-20)12-3-2-4-13(23)21(12)7-10/h2-4,10-11,14H,5-8H2,1H3,(H,19,22)/t10-,11-,14-/m0/s1. The molecule has 0 unspecified atom stereocenters. The number of piperidine rings is 1. The van der Waals surface area contributed by atoms with Crippen LogP contribution in [-0.4, -0.2) is 38.4 Å². The lowest BCUT2D eigenvalue weighted by Gasteiger charge is -2.47. The summed E-state index contributed by atoms with van der Waals surface area (Å²) in [6, 6.07) is 5.35. The molecule has 5 nitrogen and oxygen atoms in total. The molecule has 2 aliphatic heterocycles. The van der Waals surface area contributed by atoms with Gasteiger partial charge in [0, 0.05) is 44.2 Å². The minimum Gasteiger partial charge on any atom is -0.337 e. The Bertz CT molecular complexity index is 671. The predicted molar refractivity (Wildman–Crippen MR) is 91.0 cm³/mol. The van der Waals surface area contributed by atoms with E-state index in [4.69, 9.17) is 34.8 Å². The average Bonchev–Trinajstić information content (AvgIpc) is 2.44. The summed E-state index contributed by atoms with van der Waals surface area (Å²) in [5.74, 6) is 0.249. The maximum Gasteiger partial charge on any atom is 0.250 e. The number of aromatic nitrogens is 1. The Balaban J connectivity index is 1.89. The minimum atomic E-state index is -1.62. The van der Waals surface area contributed by atoms with Crippen LogP contribution in [0.3, 0.4) is 0 Å². The molecule has 0 radical (unpaired) electrons. The summed E-state index contributed by atoms with van der Waals surface area (Å²) < 4.78 is 0.229. The molecule has 3 rings (SSSR count). The molecule has 1 amide bonds. The van der Waals surface area contributed by atoms with Gasteiger partial charge in [0.2, 0.25) is 9.70 Å². The highest BCUT2D eigenvalue weighted by atomic mass is 35.6. The molecule has 1 N–H and O–H groups in total. The molecule has 3 atom stereocenters. The van der Waals surface area contributed by atoms with Gasteiger partial charge in [-0.3, -0.25) is 14.5 Å². The number of hydrogen-bond donors (Lipinski definition) is 1. The van der Waals surface area contributed by atoms with Gasteiger partial charge >= 0.3 is 0 Å². The van der Waals surface area contributed by atoms with Gasteiger partial charge in [-0.25, -0.2) is 0 Å². The number of nitrogens with zero attached hydrogens (tertiary/aromatic N) is 2. The van der Waals surface area contributed by atoms with Crippen molar-refractivity contribution in [3.63, 3.8) is 0 Å². The van der Waals surface area contributed by atoms with Crippen LogP contribution < -0.4 is 10.9 Å². The van der Waals surface area contributed by atoms with E-state index in [1.807, 2.05) is 15.5 Å². The Morgan fingerprint density at radius 1 is 1.30 bits per heavy atom. The van der Waals surface area contributed by atoms with Crippen molar-refractivity contribution in [1.29, 1.82) is 0 Å². The molecule has 0 aromatic carbocycles. The molecule has 2 aliphatic rings. The highest BCUT2D eigenvalue weighted by molar-refractivity contribution is 6.68. The third-order valence-electron chi connectivity index (χ3n) is 4.52. The smallest absolute Gasteiger partial charge is 0.250 e. The Hall–Kier alpha value is -0.750. The molecular weight excluding hydrogens is 361 g/mol. The summed E-state index contributed by atoms with van der Waals surface area (Å²) in [6.07, 6.45) is 0.323. The first kappa shape index (κ1) is 17.1. The van der Waals surface area contributed by atoms with Crippen molar-refractivity contribution in [3.8, 4) is 0 Å². The first-order chi connectivity index (χ1) is 10.8. The van der Waals surface area contributed by atoms with E-state index in [0.29, 0.717) is 25.6 Å². The topological polar surface area (TPSA) is 54.3 Å². The van der Waals surface area contributed by atoms with Gasteiger partial charge in [0.25, 0.3) is 5.56 Å². The van der Waals surface area contributed by atoms with E-state index < -0.39 is 9.96 Å².